The van der Waals surface area contributed by atoms with E-state index in [4.69, 9.17) is 8.85 Å². The van der Waals surface area contributed by atoms with E-state index in [0.717, 1.165) is 67.6 Å². The fourth-order valence-electron chi connectivity index (χ4n) is 14.8. The van der Waals surface area contributed by atoms with Gasteiger partial charge in [0.25, 0.3) is 0 Å². The van der Waals surface area contributed by atoms with Crippen LogP contribution >= 0.6 is 0 Å². The van der Waals surface area contributed by atoms with E-state index in [1.54, 1.807) is 19.1 Å². The Kier molecular flexibility index (Phi) is 17.6. The van der Waals surface area contributed by atoms with Gasteiger partial charge in [-0.2, -0.15) is 0 Å². The van der Waals surface area contributed by atoms with E-state index in [1.165, 1.54) is 40.5 Å². The van der Waals surface area contributed by atoms with Gasteiger partial charge in [-0.25, -0.2) is 8.78 Å². The molecule has 0 radical (unpaired) electrons. The average molecular weight is 1290 g/mol. The molecule has 0 saturated heterocycles. The van der Waals surface area contributed by atoms with Crippen molar-refractivity contribution in [1.82, 2.24) is 9.13 Å². The summed E-state index contributed by atoms with van der Waals surface area (Å²) in [5, 5.41) is 31.1. The van der Waals surface area contributed by atoms with Gasteiger partial charge in [-0.1, -0.05) is 190 Å². The van der Waals surface area contributed by atoms with Gasteiger partial charge >= 0.3 is 8.56 Å². The zero-order valence-corrected chi connectivity index (χ0v) is 62.3. The highest BCUT2D eigenvalue weighted by Gasteiger charge is 2.42. The molecule has 10 rings (SSSR count). The first-order chi connectivity index (χ1) is 43.2. The average Bonchev–Trinajstić information content (AvgIpc) is 1.54. The minimum absolute atomic E-state index is 0.0166. The van der Waals surface area contributed by atoms with Crippen LogP contribution in [0.25, 0.3) is 77.2 Å². The van der Waals surface area contributed by atoms with Crippen LogP contribution in [0.15, 0.2) is 127 Å². The van der Waals surface area contributed by atoms with Crippen molar-refractivity contribution >= 4 is 52.2 Å². The number of aromatic nitrogens is 2. The molecule has 9 heteroatoms. The third-order valence-corrected chi connectivity index (χ3v) is 23.0. The quantitative estimate of drug-likeness (QED) is 0.106. The maximum absolute atomic E-state index is 16.9. The van der Waals surface area contributed by atoms with E-state index in [2.05, 4.69) is 246 Å². The first kappa shape index (κ1) is 69.5. The Balaban J connectivity index is 1.19. The van der Waals surface area contributed by atoms with Crippen molar-refractivity contribution in [3.63, 3.8) is 0 Å². The second-order valence-electron chi connectivity index (χ2n) is 35.2. The van der Waals surface area contributed by atoms with Crippen LogP contribution in [0.2, 0.25) is 12.1 Å². The summed E-state index contributed by atoms with van der Waals surface area (Å²) in [4.78, 5) is 0. The zero-order valence-electron chi connectivity index (χ0n) is 61.3. The number of phenols is 2. The van der Waals surface area contributed by atoms with Gasteiger partial charge in [-0.05, 0) is 205 Å². The van der Waals surface area contributed by atoms with Gasteiger partial charge in [0.1, 0.15) is 34.6 Å². The lowest BCUT2D eigenvalue weighted by Crippen LogP contribution is -2.47. The highest BCUT2D eigenvalue weighted by Crippen LogP contribution is 2.52. The van der Waals surface area contributed by atoms with E-state index in [-0.39, 0.29) is 44.0 Å². The van der Waals surface area contributed by atoms with E-state index in [1.807, 2.05) is 26.0 Å². The second kappa shape index (κ2) is 23.8. The molecule has 0 bridgehead atoms. The lowest BCUT2D eigenvalue weighted by Gasteiger charge is -2.35. The standard InChI is InChI=1S/C85H106F2N2O4Si/c1-26-94(27-2,92-74-37-32-58(86)47-63(74)65-43-56(84(22,23)49-78(4,5)6)45-72(76(65)90)88-68-33-28-52(80(10,11)12)39-59(68)60-40-53(81(13,14)15)29-34-69(60)88)93-75-38-51(3)67(87)48-64(75)66-44-57(85(24,25)50-79(7,8)9)46-73(77(66)91)89-70-35-30-54(82(16,17)18)41-61(70)62-42-55(83(19,20)21)31-36-71(62)89/h28-48,90-91H,26-27,49-50H2,1-25H3. The van der Waals surface area contributed by atoms with Crippen molar-refractivity contribution in [1.29, 1.82) is 0 Å². The predicted molar refractivity (Wildman–Crippen MR) is 397 cm³/mol. The molecule has 6 nitrogen and oxygen atoms in total. The molecule has 0 saturated carbocycles. The van der Waals surface area contributed by atoms with E-state index in [9.17, 15) is 10.2 Å². The molecule has 0 fully saturated rings. The molecular weight excluding hydrogens is 1180 g/mol. The molecule has 2 N–H and O–H groups in total. The summed E-state index contributed by atoms with van der Waals surface area (Å²) >= 11 is 0. The Hall–Kier alpha value is -7.36. The summed E-state index contributed by atoms with van der Waals surface area (Å²) in [6.07, 6.45) is 1.62. The number of phenolic OH excluding ortho intramolecular Hbond substituents is 2. The fraction of sp³-hybridized carbons (Fsp3) is 0.435. The maximum atomic E-state index is 16.9. The van der Waals surface area contributed by atoms with Crippen molar-refractivity contribution in [3.8, 4) is 56.6 Å². The number of halogens is 2. The van der Waals surface area contributed by atoms with Crippen LogP contribution in [0.1, 0.15) is 218 Å². The Labute approximate surface area is 562 Å². The van der Waals surface area contributed by atoms with Gasteiger partial charge in [-0.15, -0.1) is 0 Å². The maximum Gasteiger partial charge on any atom is 0.459 e. The number of aryl methyl sites for hydroxylation is 1. The molecule has 8 aromatic carbocycles. The molecule has 0 aliphatic heterocycles. The number of rotatable bonds is 14. The van der Waals surface area contributed by atoms with Gasteiger partial charge in [0.15, 0.2) is 0 Å². The first-order valence-electron chi connectivity index (χ1n) is 34.2. The first-order valence-corrected chi connectivity index (χ1v) is 36.4. The second-order valence-corrected chi connectivity index (χ2v) is 38.8. The van der Waals surface area contributed by atoms with Crippen LogP contribution in [0.4, 0.5) is 8.78 Å². The molecule has 0 spiro atoms. The van der Waals surface area contributed by atoms with E-state index < -0.39 is 31.0 Å². The molecule has 0 atom stereocenters. The Bertz CT molecular complexity index is 4440. The minimum atomic E-state index is -3.59. The van der Waals surface area contributed by atoms with Gasteiger partial charge in [-0.3, -0.25) is 0 Å². The molecule has 2 heterocycles. The summed E-state index contributed by atoms with van der Waals surface area (Å²) in [7, 11) is -3.59. The summed E-state index contributed by atoms with van der Waals surface area (Å²) in [6, 6.07) is 43.7. The normalized spacial score (nSPS) is 13.5. The molecule has 498 valence electrons. The Morgan fingerprint density at radius 3 is 1.02 bits per heavy atom. The fourth-order valence-corrected chi connectivity index (χ4v) is 17.0. The molecule has 10 aromatic rings. The lowest BCUT2D eigenvalue weighted by molar-refractivity contribution is 0.283. The van der Waals surface area contributed by atoms with Crippen LogP contribution < -0.4 is 8.85 Å². The monoisotopic (exact) mass is 1280 g/mol. The molecule has 0 aliphatic rings. The number of nitrogens with zero attached hydrogens (tertiary/aromatic N) is 2. The molecule has 0 aliphatic carbocycles. The summed E-state index contributed by atoms with van der Waals surface area (Å²) in [5.74, 6) is -0.257. The van der Waals surface area contributed by atoms with Crippen molar-refractivity contribution in [3.05, 3.63) is 178 Å². The summed E-state index contributed by atoms with van der Waals surface area (Å²) in [5.41, 5.74) is 12.2. The molecule has 0 amide bonds. The van der Waals surface area contributed by atoms with Gasteiger partial charge in [0.05, 0.1) is 33.4 Å². The predicted octanol–water partition coefficient (Wildman–Crippen LogP) is 24.8. The van der Waals surface area contributed by atoms with Gasteiger partial charge in [0.2, 0.25) is 0 Å². The van der Waals surface area contributed by atoms with Crippen LogP contribution in [0.3, 0.4) is 0 Å². The van der Waals surface area contributed by atoms with Gasteiger partial charge < -0.3 is 28.2 Å². The highest BCUT2D eigenvalue weighted by molar-refractivity contribution is 6.68. The number of aromatic hydroxyl groups is 2. The molecule has 2 aromatic heterocycles. The number of benzene rings is 8. The van der Waals surface area contributed by atoms with E-state index >= 15 is 8.78 Å². The topological polar surface area (TPSA) is 68.8 Å². The van der Waals surface area contributed by atoms with E-state index in [0.29, 0.717) is 62.8 Å². The molecule has 94 heavy (non-hydrogen) atoms. The van der Waals surface area contributed by atoms with Crippen LogP contribution in [-0.4, -0.2) is 27.9 Å². The SMILES string of the molecule is CC[Si](CC)(Oc1ccc(F)cc1-c1cc(C(C)(C)CC(C)(C)C)cc(-n2c3ccc(C(C)(C)C)cc3c3cc(C(C)(C)C)ccc32)c1O)Oc1cc(C)c(F)cc1-c1cc(C(C)(C)CC(C)(C)C)cc(-n2c3ccc(C(C)(C)C)cc3c3cc(C(C)(C)C)ccc32)c1O. The van der Waals surface area contributed by atoms with Crippen molar-refractivity contribution in [2.75, 3.05) is 0 Å². The van der Waals surface area contributed by atoms with Crippen molar-refractivity contribution < 1.29 is 27.8 Å². The minimum Gasteiger partial charge on any atom is -0.511 e. The Morgan fingerprint density at radius 1 is 0.372 bits per heavy atom. The molecule has 0 unspecified atom stereocenters. The van der Waals surface area contributed by atoms with Crippen molar-refractivity contribution in [2.24, 2.45) is 10.8 Å². The zero-order chi connectivity index (χ0) is 69.3. The lowest BCUT2D eigenvalue weighted by atomic mass is 9.71. The number of hydrogen-bond donors (Lipinski definition) is 2. The molecular formula is C85H106F2N2O4Si. The van der Waals surface area contributed by atoms with Crippen molar-refractivity contribution in [2.45, 2.75) is 231 Å². The smallest absolute Gasteiger partial charge is 0.459 e. The number of hydrogen-bond acceptors (Lipinski definition) is 4. The third-order valence-electron chi connectivity index (χ3n) is 19.6. The largest absolute Gasteiger partial charge is 0.511 e. The summed E-state index contributed by atoms with van der Waals surface area (Å²) in [6.45, 7) is 55.1. The third kappa shape index (κ3) is 13.5. The summed E-state index contributed by atoms with van der Waals surface area (Å²) < 4.78 is 52.8. The highest BCUT2D eigenvalue weighted by atomic mass is 28.4. The number of fused-ring (bicyclic) bond motifs is 6. The van der Waals surface area contributed by atoms with Crippen LogP contribution in [0, 0.1) is 29.4 Å². The van der Waals surface area contributed by atoms with Gasteiger partial charge in [0, 0.05) is 55.9 Å². The Morgan fingerprint density at radius 2 is 0.702 bits per heavy atom. The van der Waals surface area contributed by atoms with Crippen LogP contribution in [-0.2, 0) is 32.5 Å². The van der Waals surface area contributed by atoms with Crippen LogP contribution in [0.5, 0.6) is 23.0 Å².